The Balaban J connectivity index is 2.35. The van der Waals surface area contributed by atoms with E-state index in [1.165, 1.54) is 19.2 Å². The van der Waals surface area contributed by atoms with Crippen LogP contribution in [0.5, 0.6) is 0 Å². The molecule has 0 spiro atoms. The number of carbonyl (C=O) groups is 1. The molecule has 0 aliphatic rings. The molecule has 2 aromatic heterocycles. The summed E-state index contributed by atoms with van der Waals surface area (Å²) in [7, 11) is 0. The molecule has 0 saturated carbocycles. The SMILES string of the molecule is CC(=O)Nc1cc(F)c(-c2cccnc2)cn1. The molecule has 0 aliphatic carbocycles. The third kappa shape index (κ3) is 2.63. The van der Waals surface area contributed by atoms with E-state index in [-0.39, 0.29) is 11.7 Å². The van der Waals surface area contributed by atoms with Gasteiger partial charge in [-0.25, -0.2) is 9.37 Å². The van der Waals surface area contributed by atoms with Crippen molar-refractivity contribution >= 4 is 11.7 Å². The van der Waals surface area contributed by atoms with Gasteiger partial charge in [0.25, 0.3) is 0 Å². The van der Waals surface area contributed by atoms with Crippen molar-refractivity contribution in [2.75, 3.05) is 5.32 Å². The van der Waals surface area contributed by atoms with E-state index in [0.717, 1.165) is 0 Å². The first-order chi connectivity index (χ1) is 8.16. The second-order valence-electron chi connectivity index (χ2n) is 3.47. The van der Waals surface area contributed by atoms with Crippen LogP contribution in [0.25, 0.3) is 11.1 Å². The van der Waals surface area contributed by atoms with Crippen LogP contribution in [-0.2, 0) is 4.79 Å². The predicted molar refractivity (Wildman–Crippen MR) is 61.7 cm³/mol. The lowest BCUT2D eigenvalue weighted by molar-refractivity contribution is -0.114. The summed E-state index contributed by atoms with van der Waals surface area (Å²) in [5, 5.41) is 2.42. The average Bonchev–Trinajstić information content (AvgIpc) is 2.29. The number of aromatic nitrogens is 2. The molecule has 0 bridgehead atoms. The highest BCUT2D eigenvalue weighted by molar-refractivity contribution is 5.87. The zero-order chi connectivity index (χ0) is 12.3. The van der Waals surface area contributed by atoms with E-state index in [2.05, 4.69) is 15.3 Å². The largest absolute Gasteiger partial charge is 0.311 e. The number of pyridine rings is 2. The molecule has 2 rings (SSSR count). The molecule has 17 heavy (non-hydrogen) atoms. The molecule has 0 atom stereocenters. The first kappa shape index (κ1) is 11.2. The zero-order valence-corrected chi connectivity index (χ0v) is 9.14. The lowest BCUT2D eigenvalue weighted by Gasteiger charge is -2.05. The highest BCUT2D eigenvalue weighted by Crippen LogP contribution is 2.22. The Morgan fingerprint density at radius 2 is 2.24 bits per heavy atom. The summed E-state index contributed by atoms with van der Waals surface area (Å²) in [6.07, 6.45) is 4.54. The number of halogens is 1. The van der Waals surface area contributed by atoms with Crippen LogP contribution in [0.15, 0.2) is 36.8 Å². The summed E-state index contributed by atoms with van der Waals surface area (Å²) < 4.78 is 13.8. The summed E-state index contributed by atoms with van der Waals surface area (Å²) in [6, 6.07) is 4.64. The Kier molecular flexibility index (Phi) is 3.09. The lowest BCUT2D eigenvalue weighted by Crippen LogP contribution is -2.07. The molecule has 0 radical (unpaired) electrons. The summed E-state index contributed by atoms with van der Waals surface area (Å²) >= 11 is 0. The van der Waals surface area contributed by atoms with Crippen LogP contribution in [0.3, 0.4) is 0 Å². The van der Waals surface area contributed by atoms with Crippen molar-refractivity contribution in [2.24, 2.45) is 0 Å². The second kappa shape index (κ2) is 4.69. The van der Waals surface area contributed by atoms with Crippen molar-refractivity contribution in [3.63, 3.8) is 0 Å². The summed E-state index contributed by atoms with van der Waals surface area (Å²) in [6.45, 7) is 1.34. The number of nitrogens with zero attached hydrogens (tertiary/aromatic N) is 2. The minimum Gasteiger partial charge on any atom is -0.311 e. The summed E-state index contributed by atoms with van der Waals surface area (Å²) in [4.78, 5) is 18.7. The smallest absolute Gasteiger partial charge is 0.222 e. The van der Waals surface area contributed by atoms with E-state index >= 15 is 0 Å². The van der Waals surface area contributed by atoms with Crippen LogP contribution in [-0.4, -0.2) is 15.9 Å². The number of carbonyl (C=O) groups excluding carboxylic acids is 1. The van der Waals surface area contributed by atoms with Gasteiger partial charge < -0.3 is 5.32 Å². The standard InChI is InChI=1S/C12H10FN3O/c1-8(17)16-12-5-11(13)10(7-15-12)9-3-2-4-14-6-9/h2-7H,1H3,(H,15,16,17). The van der Waals surface area contributed by atoms with E-state index in [0.29, 0.717) is 11.1 Å². The molecule has 4 nitrogen and oxygen atoms in total. The third-order valence-electron chi connectivity index (χ3n) is 2.13. The van der Waals surface area contributed by atoms with Crippen LogP contribution in [0.4, 0.5) is 10.2 Å². The summed E-state index contributed by atoms with van der Waals surface area (Å²) in [5.41, 5.74) is 0.999. The Bertz CT molecular complexity index is 543. The molecule has 86 valence electrons. The molecule has 0 fully saturated rings. The molecule has 0 aliphatic heterocycles. The molecule has 1 N–H and O–H groups in total. The van der Waals surface area contributed by atoms with Gasteiger partial charge in [-0.2, -0.15) is 0 Å². The molecule has 5 heteroatoms. The highest BCUT2D eigenvalue weighted by atomic mass is 19.1. The normalized spacial score (nSPS) is 10.0. The number of nitrogens with one attached hydrogen (secondary N) is 1. The van der Waals surface area contributed by atoms with E-state index in [1.54, 1.807) is 24.5 Å². The number of hydrogen-bond donors (Lipinski definition) is 1. The van der Waals surface area contributed by atoms with E-state index in [4.69, 9.17) is 0 Å². The van der Waals surface area contributed by atoms with Gasteiger partial charge in [0.05, 0.1) is 0 Å². The van der Waals surface area contributed by atoms with Gasteiger partial charge in [0, 0.05) is 42.7 Å². The summed E-state index contributed by atoms with van der Waals surface area (Å²) in [5.74, 6) is -0.537. The van der Waals surface area contributed by atoms with Crippen molar-refractivity contribution in [3.8, 4) is 11.1 Å². The molecule has 0 unspecified atom stereocenters. The molecular formula is C12H10FN3O. The number of rotatable bonds is 2. The van der Waals surface area contributed by atoms with Gasteiger partial charge in [0.2, 0.25) is 5.91 Å². The van der Waals surface area contributed by atoms with Crippen molar-refractivity contribution in [3.05, 3.63) is 42.6 Å². The van der Waals surface area contributed by atoms with Crippen LogP contribution >= 0.6 is 0 Å². The number of anilines is 1. The molecule has 0 aromatic carbocycles. The van der Waals surface area contributed by atoms with E-state index in [9.17, 15) is 9.18 Å². The molecular weight excluding hydrogens is 221 g/mol. The van der Waals surface area contributed by atoms with E-state index < -0.39 is 5.82 Å². The first-order valence-corrected chi connectivity index (χ1v) is 5.00. The van der Waals surface area contributed by atoms with Crippen LogP contribution in [0.1, 0.15) is 6.92 Å². The minimum absolute atomic E-state index is 0.197. The predicted octanol–water partition coefficient (Wildman–Crippen LogP) is 2.24. The van der Waals surface area contributed by atoms with Gasteiger partial charge in [0.15, 0.2) is 0 Å². The molecule has 2 aromatic rings. The van der Waals surface area contributed by atoms with Crippen molar-refractivity contribution < 1.29 is 9.18 Å². The Morgan fingerprint density at radius 1 is 1.41 bits per heavy atom. The van der Waals surface area contributed by atoms with Crippen molar-refractivity contribution in [2.45, 2.75) is 6.92 Å². The maximum atomic E-state index is 13.8. The number of amides is 1. The van der Waals surface area contributed by atoms with Crippen LogP contribution in [0, 0.1) is 5.82 Å². The molecule has 0 saturated heterocycles. The third-order valence-corrected chi connectivity index (χ3v) is 2.13. The quantitative estimate of drug-likeness (QED) is 0.862. The maximum absolute atomic E-state index is 13.8. The zero-order valence-electron chi connectivity index (χ0n) is 9.14. The van der Waals surface area contributed by atoms with Gasteiger partial charge in [-0.1, -0.05) is 6.07 Å². The first-order valence-electron chi connectivity index (χ1n) is 5.00. The second-order valence-corrected chi connectivity index (χ2v) is 3.47. The van der Waals surface area contributed by atoms with Crippen molar-refractivity contribution in [1.29, 1.82) is 0 Å². The van der Waals surface area contributed by atoms with Gasteiger partial charge in [0.1, 0.15) is 11.6 Å². The Hall–Kier alpha value is -2.30. The Labute approximate surface area is 97.5 Å². The van der Waals surface area contributed by atoms with E-state index in [1.807, 2.05) is 0 Å². The van der Waals surface area contributed by atoms with Gasteiger partial charge in [-0.3, -0.25) is 9.78 Å². The van der Waals surface area contributed by atoms with Gasteiger partial charge >= 0.3 is 0 Å². The fourth-order valence-corrected chi connectivity index (χ4v) is 1.41. The van der Waals surface area contributed by atoms with Crippen molar-refractivity contribution in [1.82, 2.24) is 9.97 Å². The lowest BCUT2D eigenvalue weighted by atomic mass is 10.1. The minimum atomic E-state index is -0.447. The molecule has 1 amide bonds. The van der Waals surface area contributed by atoms with Gasteiger partial charge in [-0.15, -0.1) is 0 Å². The molecule has 2 heterocycles. The average molecular weight is 231 g/mol. The van der Waals surface area contributed by atoms with Gasteiger partial charge in [-0.05, 0) is 6.07 Å². The highest BCUT2D eigenvalue weighted by Gasteiger charge is 2.07. The topological polar surface area (TPSA) is 54.9 Å². The monoisotopic (exact) mass is 231 g/mol. The Morgan fingerprint density at radius 3 is 2.82 bits per heavy atom. The maximum Gasteiger partial charge on any atom is 0.222 e. The fraction of sp³-hybridized carbons (Fsp3) is 0.0833. The number of hydrogen-bond acceptors (Lipinski definition) is 3. The fourth-order valence-electron chi connectivity index (χ4n) is 1.41. The van der Waals surface area contributed by atoms with Crippen LogP contribution in [0.2, 0.25) is 0 Å². The van der Waals surface area contributed by atoms with Crippen LogP contribution < -0.4 is 5.32 Å².